The summed E-state index contributed by atoms with van der Waals surface area (Å²) in [4.78, 5) is 0. The van der Waals surface area contributed by atoms with Gasteiger partial charge in [0.25, 0.3) is 6.41 Å². The third kappa shape index (κ3) is 3.17. The van der Waals surface area contributed by atoms with E-state index in [0.29, 0.717) is 13.2 Å². The van der Waals surface area contributed by atoms with E-state index in [2.05, 4.69) is 60.6 Å². The van der Waals surface area contributed by atoms with E-state index >= 15 is 0 Å². The van der Waals surface area contributed by atoms with Crippen LogP contribution in [0.4, 0.5) is 0 Å². The average molecular weight is 282 g/mol. The molecule has 0 aliphatic carbocycles. The van der Waals surface area contributed by atoms with Crippen molar-refractivity contribution in [2.24, 2.45) is 5.11 Å². The highest BCUT2D eigenvalue weighted by atomic mass is 16.7. The lowest BCUT2D eigenvalue weighted by Crippen LogP contribution is -2.29. The summed E-state index contributed by atoms with van der Waals surface area (Å²) in [5.41, 5.74) is 11.8. The zero-order valence-electron chi connectivity index (χ0n) is 12.0. The Morgan fingerprint density at radius 2 is 1.43 bits per heavy atom. The minimum absolute atomic E-state index is 0.204. The van der Waals surface area contributed by atoms with E-state index in [-0.39, 0.29) is 5.92 Å². The molecule has 0 radical (unpaired) electrons. The quantitative estimate of drug-likeness (QED) is 0.861. The van der Waals surface area contributed by atoms with Gasteiger partial charge in [-0.25, -0.2) is 5.53 Å². The third-order valence-electron chi connectivity index (χ3n) is 3.75. The molecule has 0 atom stereocenters. The van der Waals surface area contributed by atoms with Crippen molar-refractivity contribution < 1.29 is 9.47 Å². The highest BCUT2D eigenvalue weighted by Crippen LogP contribution is 2.26. The summed E-state index contributed by atoms with van der Waals surface area (Å²) in [6.07, 6.45) is -0.729. The normalized spacial score (nSPS) is 22.0. The zero-order chi connectivity index (χ0) is 14.7. The lowest BCUT2D eigenvalue weighted by molar-refractivity contribution is -0.186. The van der Waals surface area contributed by atoms with E-state index in [9.17, 15) is 0 Å². The molecular formula is C17H18N2O2. The number of benzene rings is 2. The number of nitrogens with one attached hydrogen (secondary N) is 1. The predicted molar refractivity (Wildman–Crippen MR) is 80.2 cm³/mol. The standard InChI is InChI=1S/C17H18N2O2/c1-12-2-4-13(5-3-12)14-6-8-15(9-7-14)16-10-20-17(19-18)21-11-16/h2-9,16-18H,10-11H2,1H3. The molecule has 1 N–H and O–H groups in total. The Morgan fingerprint density at radius 3 is 1.95 bits per heavy atom. The maximum absolute atomic E-state index is 6.88. The molecule has 1 fully saturated rings. The Kier molecular flexibility index (Phi) is 4.08. The Balaban J connectivity index is 1.72. The van der Waals surface area contributed by atoms with Crippen LogP contribution in [-0.2, 0) is 9.47 Å². The van der Waals surface area contributed by atoms with Crippen molar-refractivity contribution in [3.63, 3.8) is 0 Å². The topological polar surface area (TPSA) is 54.7 Å². The fourth-order valence-corrected chi connectivity index (χ4v) is 2.45. The molecule has 2 aromatic rings. The van der Waals surface area contributed by atoms with E-state index < -0.39 is 6.41 Å². The molecule has 1 saturated heterocycles. The van der Waals surface area contributed by atoms with Gasteiger partial charge in [0, 0.05) is 5.92 Å². The number of nitrogens with zero attached hydrogens (tertiary/aromatic N) is 1. The molecule has 1 aliphatic heterocycles. The first kappa shape index (κ1) is 13.9. The average Bonchev–Trinajstić information content (AvgIpc) is 2.56. The molecule has 0 aromatic heterocycles. The van der Waals surface area contributed by atoms with Crippen molar-refractivity contribution >= 4 is 0 Å². The van der Waals surface area contributed by atoms with Crippen LogP contribution in [0.5, 0.6) is 0 Å². The van der Waals surface area contributed by atoms with Crippen molar-refractivity contribution in [3.8, 4) is 11.1 Å². The van der Waals surface area contributed by atoms with Gasteiger partial charge in [-0.05, 0) is 23.6 Å². The van der Waals surface area contributed by atoms with Crippen LogP contribution in [0.2, 0.25) is 0 Å². The van der Waals surface area contributed by atoms with Crippen LogP contribution in [0.3, 0.4) is 0 Å². The zero-order valence-corrected chi connectivity index (χ0v) is 12.0. The summed E-state index contributed by atoms with van der Waals surface area (Å²) in [6.45, 7) is 3.17. The van der Waals surface area contributed by atoms with Crippen LogP contribution in [0.25, 0.3) is 11.1 Å². The SMILES string of the molecule is Cc1ccc(-c2ccc(C3COC(N=N)OC3)cc2)cc1. The van der Waals surface area contributed by atoms with E-state index in [4.69, 9.17) is 15.0 Å². The first-order chi connectivity index (χ1) is 10.3. The lowest BCUT2D eigenvalue weighted by Gasteiger charge is -2.26. The van der Waals surface area contributed by atoms with Crippen molar-refractivity contribution in [1.82, 2.24) is 0 Å². The maximum Gasteiger partial charge on any atom is 0.276 e. The molecular weight excluding hydrogens is 264 g/mol. The molecule has 1 aliphatic rings. The maximum atomic E-state index is 6.88. The van der Waals surface area contributed by atoms with Crippen molar-refractivity contribution in [2.45, 2.75) is 19.3 Å². The molecule has 1 heterocycles. The molecule has 3 rings (SSSR count). The first-order valence-electron chi connectivity index (χ1n) is 7.03. The van der Waals surface area contributed by atoms with Gasteiger partial charge in [-0.1, -0.05) is 54.1 Å². The van der Waals surface area contributed by atoms with Crippen LogP contribution in [0.1, 0.15) is 17.0 Å². The summed E-state index contributed by atoms with van der Waals surface area (Å²) in [5, 5.41) is 3.24. The van der Waals surface area contributed by atoms with Gasteiger partial charge in [0.2, 0.25) is 0 Å². The molecule has 4 heteroatoms. The minimum atomic E-state index is -0.729. The van der Waals surface area contributed by atoms with Crippen molar-refractivity contribution in [1.29, 1.82) is 5.53 Å². The highest BCUT2D eigenvalue weighted by molar-refractivity contribution is 5.64. The van der Waals surface area contributed by atoms with E-state index in [1.54, 1.807) is 0 Å². The minimum Gasteiger partial charge on any atom is -0.332 e. The Morgan fingerprint density at radius 1 is 0.905 bits per heavy atom. The van der Waals surface area contributed by atoms with Gasteiger partial charge in [0.15, 0.2) is 0 Å². The van der Waals surface area contributed by atoms with Crippen LogP contribution < -0.4 is 0 Å². The second kappa shape index (κ2) is 6.16. The molecule has 108 valence electrons. The molecule has 4 nitrogen and oxygen atoms in total. The molecule has 0 spiro atoms. The lowest BCUT2D eigenvalue weighted by atomic mass is 9.96. The largest absolute Gasteiger partial charge is 0.332 e. The molecule has 2 aromatic carbocycles. The summed E-state index contributed by atoms with van der Waals surface area (Å²) in [6, 6.07) is 17.0. The summed E-state index contributed by atoms with van der Waals surface area (Å²) in [5.74, 6) is 0.204. The van der Waals surface area contributed by atoms with Gasteiger partial charge < -0.3 is 9.47 Å². The van der Waals surface area contributed by atoms with E-state index in [0.717, 1.165) is 0 Å². The fraction of sp³-hybridized carbons (Fsp3) is 0.294. The summed E-state index contributed by atoms with van der Waals surface area (Å²) >= 11 is 0. The highest BCUT2D eigenvalue weighted by Gasteiger charge is 2.22. The van der Waals surface area contributed by atoms with Crippen LogP contribution in [0.15, 0.2) is 53.6 Å². The van der Waals surface area contributed by atoms with Crippen LogP contribution in [-0.4, -0.2) is 19.6 Å². The van der Waals surface area contributed by atoms with Crippen LogP contribution in [0, 0.1) is 12.5 Å². The summed E-state index contributed by atoms with van der Waals surface area (Å²) < 4.78 is 10.7. The Hall–Kier alpha value is -2.04. The molecule has 0 unspecified atom stereocenters. The van der Waals surface area contributed by atoms with Gasteiger partial charge in [-0.3, -0.25) is 0 Å². The predicted octanol–water partition coefficient (Wildman–Crippen LogP) is 4.11. The van der Waals surface area contributed by atoms with Gasteiger partial charge in [0.05, 0.1) is 13.2 Å². The fourth-order valence-electron chi connectivity index (χ4n) is 2.45. The Bertz CT molecular complexity index is 600. The molecule has 0 bridgehead atoms. The van der Waals surface area contributed by atoms with Crippen molar-refractivity contribution in [3.05, 3.63) is 59.7 Å². The van der Waals surface area contributed by atoms with Gasteiger partial charge >= 0.3 is 0 Å². The number of ether oxygens (including phenoxy) is 2. The van der Waals surface area contributed by atoms with E-state index in [1.165, 1.54) is 22.3 Å². The second-order valence-corrected chi connectivity index (χ2v) is 5.29. The Labute approximate surface area is 124 Å². The molecule has 21 heavy (non-hydrogen) atoms. The molecule has 0 saturated carbocycles. The number of aryl methyl sites for hydroxylation is 1. The first-order valence-corrected chi connectivity index (χ1v) is 7.03. The third-order valence-corrected chi connectivity index (χ3v) is 3.75. The van der Waals surface area contributed by atoms with E-state index in [1.807, 2.05) is 0 Å². The van der Waals surface area contributed by atoms with Crippen LogP contribution >= 0.6 is 0 Å². The number of hydrogen-bond donors (Lipinski definition) is 1. The smallest absolute Gasteiger partial charge is 0.276 e. The monoisotopic (exact) mass is 282 g/mol. The van der Waals surface area contributed by atoms with Crippen molar-refractivity contribution in [2.75, 3.05) is 13.2 Å². The summed E-state index contributed by atoms with van der Waals surface area (Å²) in [7, 11) is 0. The van der Waals surface area contributed by atoms with Gasteiger partial charge in [-0.15, -0.1) is 5.11 Å². The number of hydrogen-bond acceptors (Lipinski definition) is 4. The van der Waals surface area contributed by atoms with Gasteiger partial charge in [-0.2, -0.15) is 0 Å². The second-order valence-electron chi connectivity index (χ2n) is 5.29. The molecule has 0 amide bonds. The number of rotatable bonds is 3. The van der Waals surface area contributed by atoms with Gasteiger partial charge in [0.1, 0.15) is 0 Å².